The van der Waals surface area contributed by atoms with Crippen LogP contribution in [-0.4, -0.2) is 26.2 Å². The molecule has 0 amide bonds. The van der Waals surface area contributed by atoms with Crippen LogP contribution in [0.5, 0.6) is 5.75 Å². The van der Waals surface area contributed by atoms with E-state index >= 15 is 0 Å². The molecule has 18 heavy (non-hydrogen) atoms. The van der Waals surface area contributed by atoms with Crippen LogP contribution >= 0.6 is 0 Å². The third kappa shape index (κ3) is 4.44. The maximum Gasteiger partial charge on any atom is 0.319 e. The van der Waals surface area contributed by atoms with E-state index in [1.165, 1.54) is 7.11 Å². The van der Waals surface area contributed by atoms with Gasteiger partial charge in [-0.2, -0.15) is 5.26 Å². The van der Waals surface area contributed by atoms with Gasteiger partial charge in [0.1, 0.15) is 11.8 Å². The van der Waals surface area contributed by atoms with Crippen LogP contribution in [0.1, 0.15) is 18.5 Å². The summed E-state index contributed by atoms with van der Waals surface area (Å²) in [7, 11) is 1.36. The molecule has 0 spiro atoms. The summed E-state index contributed by atoms with van der Waals surface area (Å²) in [6.45, 7) is 2.16. The second kappa shape index (κ2) is 7.30. The van der Waals surface area contributed by atoms with Gasteiger partial charge in [0.05, 0.1) is 13.7 Å². The molecule has 5 heteroatoms. The molecule has 96 valence electrons. The molecule has 0 aliphatic carbocycles. The summed E-state index contributed by atoms with van der Waals surface area (Å²) < 4.78 is 9.70. The number of carbonyl (C=O) groups is 1. The Balaban J connectivity index is 2.51. The molecule has 1 aromatic carbocycles. The van der Waals surface area contributed by atoms with Gasteiger partial charge >= 0.3 is 5.97 Å². The van der Waals surface area contributed by atoms with Crippen molar-refractivity contribution in [2.24, 2.45) is 0 Å². The van der Waals surface area contributed by atoms with E-state index in [4.69, 9.17) is 10.00 Å². The van der Waals surface area contributed by atoms with Crippen molar-refractivity contribution in [1.29, 1.82) is 5.26 Å². The predicted octanol–water partition coefficient (Wildman–Crippen LogP) is 1.41. The molecule has 0 fully saturated rings. The van der Waals surface area contributed by atoms with Crippen molar-refractivity contribution in [2.75, 3.05) is 20.3 Å². The molecule has 1 atom stereocenters. The van der Waals surface area contributed by atoms with Crippen LogP contribution in [0.4, 0.5) is 0 Å². The molecule has 5 nitrogen and oxygen atoms in total. The fourth-order valence-corrected chi connectivity index (χ4v) is 1.39. The Kier molecular flexibility index (Phi) is 5.68. The number of methoxy groups -OCH3 is 1. The van der Waals surface area contributed by atoms with Crippen molar-refractivity contribution >= 4 is 5.97 Å². The fraction of sp³-hybridized carbons (Fsp3) is 0.385. The summed E-state index contributed by atoms with van der Waals surface area (Å²) in [6, 6.07) is 9.31. The minimum atomic E-state index is -0.296. The third-order valence-corrected chi connectivity index (χ3v) is 2.46. The molecule has 0 heterocycles. The fourth-order valence-electron chi connectivity index (χ4n) is 1.39. The van der Waals surface area contributed by atoms with Gasteiger partial charge in [0.2, 0.25) is 0 Å². The monoisotopic (exact) mass is 248 g/mol. The van der Waals surface area contributed by atoms with Gasteiger partial charge in [0, 0.05) is 6.04 Å². The van der Waals surface area contributed by atoms with Gasteiger partial charge in [-0.05, 0) is 24.6 Å². The van der Waals surface area contributed by atoms with Gasteiger partial charge in [0.25, 0.3) is 0 Å². The number of rotatable bonds is 6. The van der Waals surface area contributed by atoms with E-state index in [1.807, 2.05) is 25.1 Å². The number of ether oxygens (including phenoxy) is 2. The molecule has 0 aliphatic rings. The number of nitriles is 1. The zero-order valence-corrected chi connectivity index (χ0v) is 10.5. The highest BCUT2D eigenvalue weighted by atomic mass is 16.5. The zero-order chi connectivity index (χ0) is 13.4. The van der Waals surface area contributed by atoms with Crippen LogP contribution in [-0.2, 0) is 9.53 Å². The molecule has 1 unspecified atom stereocenters. The smallest absolute Gasteiger partial charge is 0.319 e. The first-order chi connectivity index (χ1) is 8.67. The Morgan fingerprint density at radius 2 is 2.11 bits per heavy atom. The summed E-state index contributed by atoms with van der Waals surface area (Å²) in [5.41, 5.74) is 1.03. The molecule has 0 aromatic heterocycles. The molecule has 1 aromatic rings. The first-order valence-corrected chi connectivity index (χ1v) is 5.57. The largest absolute Gasteiger partial charge is 0.479 e. The van der Waals surface area contributed by atoms with E-state index in [0.717, 1.165) is 5.56 Å². The number of esters is 1. The summed E-state index contributed by atoms with van der Waals surface area (Å²) >= 11 is 0. The van der Waals surface area contributed by atoms with Crippen LogP contribution in [0, 0.1) is 11.3 Å². The highest BCUT2D eigenvalue weighted by Crippen LogP contribution is 2.17. The van der Waals surface area contributed by atoms with Gasteiger partial charge in [0.15, 0.2) is 6.61 Å². The average Bonchev–Trinajstić information content (AvgIpc) is 2.42. The Morgan fingerprint density at radius 3 is 2.67 bits per heavy atom. The molecular formula is C13H16N2O3. The molecule has 0 aliphatic heterocycles. The average molecular weight is 248 g/mol. The van der Waals surface area contributed by atoms with Crippen molar-refractivity contribution in [3.8, 4) is 11.8 Å². The molecule has 1 rings (SSSR count). The van der Waals surface area contributed by atoms with Crippen molar-refractivity contribution in [3.63, 3.8) is 0 Å². The summed E-state index contributed by atoms with van der Waals surface area (Å²) in [4.78, 5) is 11.0. The molecule has 0 bridgehead atoms. The summed E-state index contributed by atoms with van der Waals surface area (Å²) in [6.07, 6.45) is 0. The van der Waals surface area contributed by atoms with Crippen molar-refractivity contribution in [2.45, 2.75) is 13.0 Å². The second-order valence-electron chi connectivity index (χ2n) is 3.69. The number of hydrogen-bond donors (Lipinski definition) is 1. The van der Waals surface area contributed by atoms with E-state index < -0.39 is 0 Å². The predicted molar refractivity (Wildman–Crippen MR) is 66.0 cm³/mol. The SMILES string of the molecule is COC(=O)CNC(C)c1ccc(OCC#N)cc1. The maximum atomic E-state index is 11.0. The zero-order valence-electron chi connectivity index (χ0n) is 10.5. The highest BCUT2D eigenvalue weighted by molar-refractivity contribution is 5.71. The van der Waals surface area contributed by atoms with Crippen LogP contribution in [0.15, 0.2) is 24.3 Å². The number of benzene rings is 1. The van der Waals surface area contributed by atoms with Crippen LogP contribution in [0.25, 0.3) is 0 Å². The summed E-state index contributed by atoms with van der Waals surface area (Å²) in [5.74, 6) is 0.358. The lowest BCUT2D eigenvalue weighted by Gasteiger charge is -2.13. The third-order valence-electron chi connectivity index (χ3n) is 2.46. The normalized spacial score (nSPS) is 11.4. The maximum absolute atomic E-state index is 11.0. The van der Waals surface area contributed by atoms with E-state index in [2.05, 4.69) is 10.1 Å². The van der Waals surface area contributed by atoms with Gasteiger partial charge in [-0.15, -0.1) is 0 Å². The first-order valence-electron chi connectivity index (χ1n) is 5.57. The minimum absolute atomic E-state index is 0.0362. The van der Waals surface area contributed by atoms with Gasteiger partial charge < -0.3 is 14.8 Å². The van der Waals surface area contributed by atoms with Crippen LogP contribution in [0.2, 0.25) is 0 Å². The number of hydrogen-bond acceptors (Lipinski definition) is 5. The van der Waals surface area contributed by atoms with Crippen molar-refractivity contribution < 1.29 is 14.3 Å². The lowest BCUT2D eigenvalue weighted by atomic mass is 10.1. The Hall–Kier alpha value is -2.06. The number of nitrogens with one attached hydrogen (secondary N) is 1. The van der Waals surface area contributed by atoms with E-state index in [-0.39, 0.29) is 25.2 Å². The summed E-state index contributed by atoms with van der Waals surface area (Å²) in [5, 5.41) is 11.4. The van der Waals surface area contributed by atoms with E-state index in [0.29, 0.717) is 5.75 Å². The van der Waals surface area contributed by atoms with E-state index in [9.17, 15) is 4.79 Å². The van der Waals surface area contributed by atoms with Gasteiger partial charge in [-0.25, -0.2) is 0 Å². The molecule has 0 saturated heterocycles. The Labute approximate surface area is 106 Å². The Morgan fingerprint density at radius 1 is 1.44 bits per heavy atom. The van der Waals surface area contributed by atoms with Gasteiger partial charge in [-0.1, -0.05) is 12.1 Å². The molecule has 1 N–H and O–H groups in total. The number of carbonyl (C=O) groups excluding carboxylic acids is 1. The number of nitrogens with zero attached hydrogens (tertiary/aromatic N) is 1. The second-order valence-corrected chi connectivity index (χ2v) is 3.69. The van der Waals surface area contributed by atoms with Gasteiger partial charge in [-0.3, -0.25) is 4.79 Å². The highest BCUT2D eigenvalue weighted by Gasteiger charge is 2.07. The van der Waals surface area contributed by atoms with E-state index in [1.54, 1.807) is 12.1 Å². The minimum Gasteiger partial charge on any atom is -0.479 e. The van der Waals surface area contributed by atoms with Crippen LogP contribution in [0.3, 0.4) is 0 Å². The topological polar surface area (TPSA) is 71.3 Å². The molecule has 0 radical (unpaired) electrons. The van der Waals surface area contributed by atoms with Crippen molar-refractivity contribution in [3.05, 3.63) is 29.8 Å². The quantitative estimate of drug-likeness (QED) is 0.771. The van der Waals surface area contributed by atoms with Crippen molar-refractivity contribution in [1.82, 2.24) is 5.32 Å². The molecular weight excluding hydrogens is 232 g/mol. The standard InChI is InChI=1S/C13H16N2O3/c1-10(15-9-13(16)17-2)11-3-5-12(6-4-11)18-8-7-14/h3-6,10,15H,8-9H2,1-2H3. The molecule has 0 saturated carbocycles. The Bertz CT molecular complexity index is 423. The first kappa shape index (κ1) is 14.0. The lowest BCUT2D eigenvalue weighted by Crippen LogP contribution is -2.26. The lowest BCUT2D eigenvalue weighted by molar-refractivity contribution is -0.139. The van der Waals surface area contributed by atoms with Crippen LogP contribution < -0.4 is 10.1 Å².